The Labute approximate surface area is 234 Å². The van der Waals surface area contributed by atoms with Gasteiger partial charge in [0.2, 0.25) is 0 Å². The number of alkyl halides is 3. The average Bonchev–Trinajstić information content (AvgIpc) is 3.47. The van der Waals surface area contributed by atoms with Crippen LogP contribution in [-0.4, -0.2) is 39.2 Å². The Bertz CT molecular complexity index is 1380. The minimum absolute atomic E-state index is 0.0163. The highest BCUT2D eigenvalue weighted by atomic mass is 35.5. The van der Waals surface area contributed by atoms with Crippen LogP contribution in [0.3, 0.4) is 0 Å². The highest BCUT2D eigenvalue weighted by Gasteiger charge is 2.31. The van der Waals surface area contributed by atoms with E-state index < -0.39 is 11.7 Å². The van der Waals surface area contributed by atoms with E-state index in [1.54, 1.807) is 36.4 Å². The van der Waals surface area contributed by atoms with Gasteiger partial charge in [-0.1, -0.05) is 49.6 Å². The van der Waals surface area contributed by atoms with Crippen LogP contribution >= 0.6 is 11.6 Å². The molecule has 40 heavy (non-hydrogen) atoms. The van der Waals surface area contributed by atoms with E-state index in [4.69, 9.17) is 16.3 Å². The fraction of sp³-hybridized carbons (Fsp3) is 0.286. The van der Waals surface area contributed by atoms with Gasteiger partial charge in [-0.05, 0) is 70.9 Å². The molecular weight excluding hydrogens is 545 g/mol. The van der Waals surface area contributed by atoms with Crippen molar-refractivity contribution in [2.45, 2.75) is 44.9 Å². The Balaban J connectivity index is 1.34. The molecule has 0 aliphatic heterocycles. The smallest absolute Gasteiger partial charge is 0.416 e. The standard InChI is InChI=1S/C28H28ClF3N6O2/c1-2-3-4-22(34-21-10-5-19(6-11-21)27(39)33-16-26-35-37-38-36-26)17-40-23-12-7-18(8-13-23)24-14-9-20(15-25(24)29)28(30,31)32/h5-15,22,34H,2-4,16-17H2,1H3,(H,33,39)(H,35,36,37,38)/t22-/m0/s1. The van der Waals surface area contributed by atoms with Crippen molar-refractivity contribution in [1.29, 1.82) is 0 Å². The van der Waals surface area contributed by atoms with Gasteiger partial charge in [-0.2, -0.15) is 13.2 Å². The van der Waals surface area contributed by atoms with Crippen LogP contribution in [0.25, 0.3) is 11.1 Å². The topological polar surface area (TPSA) is 105 Å². The summed E-state index contributed by atoms with van der Waals surface area (Å²) >= 11 is 6.13. The lowest BCUT2D eigenvalue weighted by Crippen LogP contribution is -2.27. The quantitative estimate of drug-likeness (QED) is 0.178. The number of ether oxygens (including phenoxy) is 1. The van der Waals surface area contributed by atoms with Gasteiger partial charge in [0, 0.05) is 21.8 Å². The second kappa shape index (κ2) is 13.3. The summed E-state index contributed by atoms with van der Waals surface area (Å²) < 4.78 is 44.8. The molecule has 0 aliphatic carbocycles. The van der Waals surface area contributed by atoms with Crippen molar-refractivity contribution in [3.05, 3.63) is 88.7 Å². The molecule has 0 radical (unpaired) electrons. The van der Waals surface area contributed by atoms with E-state index in [9.17, 15) is 18.0 Å². The zero-order chi connectivity index (χ0) is 28.5. The molecule has 1 amide bonds. The summed E-state index contributed by atoms with van der Waals surface area (Å²) in [4.78, 5) is 12.4. The SMILES string of the molecule is CCCC[C@@H](COc1ccc(-c2ccc(C(F)(F)F)cc2Cl)cc1)Nc1ccc(C(=O)NCc2nnn[nH]2)cc1. The number of carbonyl (C=O) groups excluding carboxylic acids is 1. The van der Waals surface area contributed by atoms with Gasteiger partial charge in [-0.25, -0.2) is 5.10 Å². The number of rotatable bonds is 12. The molecule has 0 spiro atoms. The number of hydrogen-bond donors (Lipinski definition) is 3. The average molecular weight is 573 g/mol. The highest BCUT2D eigenvalue weighted by Crippen LogP contribution is 2.36. The number of hydrogen-bond acceptors (Lipinski definition) is 6. The monoisotopic (exact) mass is 572 g/mol. The van der Waals surface area contributed by atoms with Crippen molar-refractivity contribution in [3.8, 4) is 16.9 Å². The molecule has 8 nitrogen and oxygen atoms in total. The van der Waals surface area contributed by atoms with Crippen molar-refractivity contribution in [1.82, 2.24) is 25.9 Å². The summed E-state index contributed by atoms with van der Waals surface area (Å²) in [6.07, 6.45) is -1.54. The van der Waals surface area contributed by atoms with E-state index in [0.29, 0.717) is 34.9 Å². The molecular formula is C28H28ClF3N6O2. The number of aromatic amines is 1. The molecule has 4 aromatic rings. The highest BCUT2D eigenvalue weighted by molar-refractivity contribution is 6.33. The number of anilines is 1. The van der Waals surface area contributed by atoms with Crippen molar-refractivity contribution in [3.63, 3.8) is 0 Å². The van der Waals surface area contributed by atoms with Gasteiger partial charge in [-0.15, -0.1) is 5.10 Å². The van der Waals surface area contributed by atoms with Crippen LogP contribution in [0.4, 0.5) is 18.9 Å². The van der Waals surface area contributed by atoms with E-state index >= 15 is 0 Å². The van der Waals surface area contributed by atoms with Crippen molar-refractivity contribution < 1.29 is 22.7 Å². The minimum Gasteiger partial charge on any atom is -0.491 e. The van der Waals surface area contributed by atoms with Gasteiger partial charge in [0.25, 0.3) is 5.91 Å². The van der Waals surface area contributed by atoms with Crippen LogP contribution in [0.5, 0.6) is 5.75 Å². The molecule has 1 aromatic heterocycles. The molecule has 12 heteroatoms. The number of tetrazole rings is 1. The van der Waals surface area contributed by atoms with E-state index in [1.165, 1.54) is 6.07 Å². The van der Waals surface area contributed by atoms with Gasteiger partial charge in [0.15, 0.2) is 5.82 Å². The van der Waals surface area contributed by atoms with E-state index in [2.05, 4.69) is 38.2 Å². The molecule has 3 N–H and O–H groups in total. The van der Waals surface area contributed by atoms with Crippen LogP contribution in [0.15, 0.2) is 66.7 Å². The molecule has 0 bridgehead atoms. The molecule has 3 aromatic carbocycles. The fourth-order valence-electron chi connectivity index (χ4n) is 3.97. The first-order chi connectivity index (χ1) is 19.2. The fourth-order valence-corrected chi connectivity index (χ4v) is 4.26. The number of H-pyrrole nitrogens is 1. The number of nitrogens with zero attached hydrogens (tertiary/aromatic N) is 3. The lowest BCUT2D eigenvalue weighted by molar-refractivity contribution is -0.137. The number of halogens is 4. The first kappa shape index (κ1) is 28.9. The molecule has 210 valence electrons. The van der Waals surface area contributed by atoms with Gasteiger partial charge in [-0.3, -0.25) is 4.79 Å². The predicted molar refractivity (Wildman–Crippen MR) is 146 cm³/mol. The Morgan fingerprint density at radius 2 is 1.82 bits per heavy atom. The first-order valence-electron chi connectivity index (χ1n) is 12.7. The van der Waals surface area contributed by atoms with Gasteiger partial charge >= 0.3 is 6.18 Å². The maximum Gasteiger partial charge on any atom is 0.416 e. The lowest BCUT2D eigenvalue weighted by Gasteiger charge is -2.21. The third kappa shape index (κ3) is 7.95. The van der Waals surface area contributed by atoms with Crippen LogP contribution in [0, 0.1) is 0 Å². The first-order valence-corrected chi connectivity index (χ1v) is 13.1. The molecule has 4 rings (SSSR count). The summed E-state index contributed by atoms with van der Waals surface area (Å²) in [5, 5.41) is 19.5. The van der Waals surface area contributed by atoms with Gasteiger partial charge < -0.3 is 15.4 Å². The Kier molecular flexibility index (Phi) is 9.60. The number of amides is 1. The lowest BCUT2D eigenvalue weighted by atomic mass is 10.0. The summed E-state index contributed by atoms with van der Waals surface area (Å²) in [5.41, 5.74) is 1.77. The molecule has 0 aliphatic rings. The molecule has 0 saturated heterocycles. The number of aromatic nitrogens is 4. The van der Waals surface area contributed by atoms with E-state index in [-0.39, 0.29) is 23.5 Å². The maximum absolute atomic E-state index is 12.9. The molecule has 0 fully saturated rings. The third-order valence-electron chi connectivity index (χ3n) is 6.14. The second-order valence-corrected chi connectivity index (χ2v) is 9.53. The molecule has 0 unspecified atom stereocenters. The number of unbranched alkanes of at least 4 members (excludes halogenated alkanes) is 1. The molecule has 0 saturated carbocycles. The van der Waals surface area contributed by atoms with Crippen molar-refractivity contribution in [2.75, 3.05) is 11.9 Å². The summed E-state index contributed by atoms with van der Waals surface area (Å²) in [6, 6.07) is 17.5. The minimum atomic E-state index is -4.45. The Hall–Kier alpha value is -4.12. The number of benzene rings is 3. The van der Waals surface area contributed by atoms with Crippen molar-refractivity contribution >= 4 is 23.2 Å². The predicted octanol–water partition coefficient (Wildman–Crippen LogP) is 6.52. The van der Waals surface area contributed by atoms with E-state index in [1.807, 2.05) is 12.1 Å². The third-order valence-corrected chi connectivity index (χ3v) is 6.46. The zero-order valence-electron chi connectivity index (χ0n) is 21.6. The normalized spacial score (nSPS) is 12.1. The van der Waals surface area contributed by atoms with Crippen LogP contribution in [0.1, 0.15) is 47.9 Å². The maximum atomic E-state index is 12.9. The summed E-state index contributed by atoms with van der Waals surface area (Å²) in [5.74, 6) is 0.849. The largest absolute Gasteiger partial charge is 0.491 e. The van der Waals surface area contributed by atoms with Crippen molar-refractivity contribution in [2.24, 2.45) is 0 Å². The van der Waals surface area contributed by atoms with Crippen LogP contribution in [0.2, 0.25) is 5.02 Å². The molecule has 1 atom stereocenters. The van der Waals surface area contributed by atoms with E-state index in [0.717, 1.165) is 37.1 Å². The summed E-state index contributed by atoms with van der Waals surface area (Å²) in [6.45, 7) is 2.71. The number of nitrogens with one attached hydrogen (secondary N) is 3. The Morgan fingerprint density at radius 1 is 1.07 bits per heavy atom. The van der Waals surface area contributed by atoms with Gasteiger partial charge in [0.05, 0.1) is 18.2 Å². The summed E-state index contributed by atoms with van der Waals surface area (Å²) in [7, 11) is 0. The zero-order valence-corrected chi connectivity index (χ0v) is 22.4. The second-order valence-electron chi connectivity index (χ2n) is 9.12. The van der Waals surface area contributed by atoms with Crippen LogP contribution in [-0.2, 0) is 12.7 Å². The van der Waals surface area contributed by atoms with Crippen LogP contribution < -0.4 is 15.4 Å². The van der Waals surface area contributed by atoms with Gasteiger partial charge in [0.1, 0.15) is 12.4 Å². The molecule has 1 heterocycles. The number of carbonyl (C=O) groups is 1. The Morgan fingerprint density at radius 3 is 2.45 bits per heavy atom.